The number of rotatable bonds is 7. The highest BCUT2D eigenvalue weighted by atomic mass is 79.9. The van der Waals surface area contributed by atoms with Crippen molar-refractivity contribution in [1.29, 1.82) is 0 Å². The summed E-state index contributed by atoms with van der Waals surface area (Å²) in [5.41, 5.74) is 0. The third-order valence-electron chi connectivity index (χ3n) is 3.35. The lowest BCUT2D eigenvalue weighted by atomic mass is 10.3. The summed E-state index contributed by atoms with van der Waals surface area (Å²) in [4.78, 5) is 14.1. The molecule has 1 aliphatic rings. The lowest BCUT2D eigenvalue weighted by Gasteiger charge is -2.27. The van der Waals surface area contributed by atoms with Gasteiger partial charge in [0.15, 0.2) is 6.61 Å². The molecule has 0 aliphatic carbocycles. The molecule has 0 aromatic heterocycles. The van der Waals surface area contributed by atoms with E-state index in [1.165, 1.54) is 0 Å². The summed E-state index contributed by atoms with van der Waals surface area (Å²) in [7, 11) is 0. The first-order valence-electron chi connectivity index (χ1n) is 7.32. The molecule has 0 spiro atoms. The van der Waals surface area contributed by atoms with Gasteiger partial charge in [0.1, 0.15) is 5.75 Å². The Balaban J connectivity index is 0.00000242. The van der Waals surface area contributed by atoms with Crippen molar-refractivity contribution in [3.63, 3.8) is 0 Å². The topological polar surface area (TPSA) is 53.6 Å². The highest BCUT2D eigenvalue weighted by Crippen LogP contribution is 2.17. The molecule has 2 rings (SSSR count). The van der Waals surface area contributed by atoms with Crippen LogP contribution in [0.15, 0.2) is 28.7 Å². The van der Waals surface area contributed by atoms with E-state index in [9.17, 15) is 4.79 Å². The maximum absolute atomic E-state index is 11.7. The molecule has 0 bridgehead atoms. The number of carbonyl (C=O) groups is 1. The Labute approximate surface area is 146 Å². The Morgan fingerprint density at radius 3 is 2.86 bits per heavy atom. The second kappa shape index (κ2) is 10.8. The molecular weight excluding hydrogens is 370 g/mol. The molecule has 7 heteroatoms. The third-order valence-corrected chi connectivity index (χ3v) is 3.84. The quantitative estimate of drug-likeness (QED) is 0.693. The summed E-state index contributed by atoms with van der Waals surface area (Å²) in [5, 5.41) is 6.22. The highest BCUT2D eigenvalue weighted by Gasteiger charge is 2.08. The van der Waals surface area contributed by atoms with Crippen molar-refractivity contribution in [2.24, 2.45) is 0 Å². The normalized spacial score (nSPS) is 15.0. The lowest BCUT2D eigenvalue weighted by Crippen LogP contribution is -2.44. The molecular formula is C15H23BrClN3O2. The molecule has 2 N–H and O–H groups in total. The molecule has 124 valence electrons. The number of ether oxygens (including phenoxy) is 1. The van der Waals surface area contributed by atoms with Crippen molar-refractivity contribution in [3.8, 4) is 5.75 Å². The zero-order valence-electron chi connectivity index (χ0n) is 12.5. The van der Waals surface area contributed by atoms with Crippen molar-refractivity contribution in [1.82, 2.24) is 15.5 Å². The van der Waals surface area contributed by atoms with Crippen molar-refractivity contribution >= 4 is 34.2 Å². The Bertz CT molecular complexity index is 456. The number of benzene rings is 1. The van der Waals surface area contributed by atoms with E-state index >= 15 is 0 Å². The summed E-state index contributed by atoms with van der Waals surface area (Å²) >= 11 is 3.37. The first-order chi connectivity index (χ1) is 10.2. The van der Waals surface area contributed by atoms with Crippen LogP contribution in [0.25, 0.3) is 0 Å². The molecule has 22 heavy (non-hydrogen) atoms. The molecule has 1 amide bonds. The minimum absolute atomic E-state index is 0. The Morgan fingerprint density at radius 2 is 2.14 bits per heavy atom. The van der Waals surface area contributed by atoms with Crippen molar-refractivity contribution < 1.29 is 9.53 Å². The summed E-state index contributed by atoms with van der Waals surface area (Å²) in [6.07, 6.45) is 0.975. The van der Waals surface area contributed by atoms with E-state index in [1.807, 2.05) is 24.3 Å². The maximum atomic E-state index is 11.7. The van der Waals surface area contributed by atoms with Gasteiger partial charge in [-0.2, -0.15) is 0 Å². The number of carbonyl (C=O) groups excluding carboxylic acids is 1. The van der Waals surface area contributed by atoms with Gasteiger partial charge in [-0.3, -0.25) is 4.79 Å². The van der Waals surface area contributed by atoms with Crippen LogP contribution in [0.5, 0.6) is 5.75 Å². The van der Waals surface area contributed by atoms with Gasteiger partial charge in [0.05, 0.1) is 0 Å². The number of piperazine rings is 1. The summed E-state index contributed by atoms with van der Waals surface area (Å²) in [6, 6.07) is 7.48. The molecule has 1 aliphatic heterocycles. The number of nitrogens with one attached hydrogen (secondary N) is 2. The van der Waals surface area contributed by atoms with Crippen LogP contribution < -0.4 is 15.4 Å². The van der Waals surface area contributed by atoms with Gasteiger partial charge in [-0.15, -0.1) is 12.4 Å². The van der Waals surface area contributed by atoms with Gasteiger partial charge in [0.2, 0.25) is 0 Å². The first-order valence-corrected chi connectivity index (χ1v) is 8.11. The van der Waals surface area contributed by atoms with Gasteiger partial charge < -0.3 is 20.3 Å². The largest absolute Gasteiger partial charge is 0.484 e. The van der Waals surface area contributed by atoms with E-state index in [2.05, 4.69) is 31.5 Å². The van der Waals surface area contributed by atoms with Crippen LogP contribution in [-0.4, -0.2) is 56.7 Å². The Hall–Kier alpha value is -0.820. The summed E-state index contributed by atoms with van der Waals surface area (Å²) in [6.45, 7) is 6.11. The van der Waals surface area contributed by atoms with Crippen LogP contribution in [-0.2, 0) is 4.79 Å². The van der Waals surface area contributed by atoms with Crippen LogP contribution in [0, 0.1) is 0 Å². The standard InChI is InChI=1S/C15H22BrN3O2.ClH/c16-13-3-1-4-14(11-13)21-12-15(20)18-5-2-8-19-9-6-17-7-10-19;/h1,3-4,11,17H,2,5-10,12H2,(H,18,20);1H. The monoisotopic (exact) mass is 391 g/mol. The maximum Gasteiger partial charge on any atom is 0.257 e. The number of nitrogens with zero attached hydrogens (tertiary/aromatic N) is 1. The van der Waals surface area contributed by atoms with Crippen LogP contribution in [0.1, 0.15) is 6.42 Å². The fourth-order valence-electron chi connectivity index (χ4n) is 2.22. The Kier molecular flexibility index (Phi) is 9.47. The van der Waals surface area contributed by atoms with Gasteiger partial charge in [-0.25, -0.2) is 0 Å². The van der Waals surface area contributed by atoms with Gasteiger partial charge in [0, 0.05) is 37.2 Å². The van der Waals surface area contributed by atoms with Gasteiger partial charge in [0.25, 0.3) is 5.91 Å². The van der Waals surface area contributed by atoms with E-state index in [0.717, 1.165) is 43.6 Å². The van der Waals surface area contributed by atoms with E-state index in [-0.39, 0.29) is 24.9 Å². The van der Waals surface area contributed by atoms with E-state index < -0.39 is 0 Å². The van der Waals surface area contributed by atoms with Gasteiger partial charge in [-0.05, 0) is 31.2 Å². The minimum atomic E-state index is -0.0738. The molecule has 1 fully saturated rings. The number of amides is 1. The average Bonchev–Trinajstić information content (AvgIpc) is 2.51. The molecule has 5 nitrogen and oxygen atoms in total. The molecule has 1 aromatic rings. The predicted octanol–water partition coefficient (Wildman–Crippen LogP) is 1.66. The minimum Gasteiger partial charge on any atom is -0.484 e. The first kappa shape index (κ1) is 19.2. The molecule has 0 unspecified atom stereocenters. The molecule has 0 atom stereocenters. The molecule has 0 saturated carbocycles. The van der Waals surface area contributed by atoms with Crippen molar-refractivity contribution in [2.45, 2.75) is 6.42 Å². The lowest BCUT2D eigenvalue weighted by molar-refractivity contribution is -0.123. The SMILES string of the molecule is Cl.O=C(COc1cccc(Br)c1)NCCCN1CCNCC1. The van der Waals surface area contributed by atoms with Crippen molar-refractivity contribution in [3.05, 3.63) is 28.7 Å². The number of hydrogen-bond donors (Lipinski definition) is 2. The Morgan fingerprint density at radius 1 is 1.36 bits per heavy atom. The second-order valence-corrected chi connectivity index (χ2v) is 5.96. The zero-order chi connectivity index (χ0) is 14.9. The average molecular weight is 393 g/mol. The summed E-state index contributed by atoms with van der Waals surface area (Å²) in [5.74, 6) is 0.621. The summed E-state index contributed by atoms with van der Waals surface area (Å²) < 4.78 is 6.38. The van der Waals surface area contributed by atoms with Crippen LogP contribution >= 0.6 is 28.3 Å². The van der Waals surface area contributed by atoms with E-state index in [4.69, 9.17) is 4.74 Å². The van der Waals surface area contributed by atoms with E-state index in [0.29, 0.717) is 12.3 Å². The van der Waals surface area contributed by atoms with Crippen LogP contribution in [0.3, 0.4) is 0 Å². The number of halogens is 2. The fraction of sp³-hybridized carbons (Fsp3) is 0.533. The van der Waals surface area contributed by atoms with Crippen LogP contribution in [0.4, 0.5) is 0 Å². The highest BCUT2D eigenvalue weighted by molar-refractivity contribution is 9.10. The smallest absolute Gasteiger partial charge is 0.257 e. The van der Waals surface area contributed by atoms with Crippen molar-refractivity contribution in [2.75, 3.05) is 45.9 Å². The molecule has 0 radical (unpaired) electrons. The zero-order valence-corrected chi connectivity index (χ0v) is 14.9. The predicted molar refractivity (Wildman–Crippen MR) is 93.8 cm³/mol. The number of hydrogen-bond acceptors (Lipinski definition) is 4. The fourth-order valence-corrected chi connectivity index (χ4v) is 2.60. The second-order valence-electron chi connectivity index (χ2n) is 5.04. The van der Waals surface area contributed by atoms with Crippen LogP contribution in [0.2, 0.25) is 0 Å². The van der Waals surface area contributed by atoms with Gasteiger partial charge in [-0.1, -0.05) is 22.0 Å². The third kappa shape index (κ3) is 7.45. The van der Waals surface area contributed by atoms with Gasteiger partial charge >= 0.3 is 0 Å². The molecule has 1 heterocycles. The molecule has 1 saturated heterocycles. The van der Waals surface area contributed by atoms with E-state index in [1.54, 1.807) is 0 Å². The molecule has 1 aromatic carbocycles.